The summed E-state index contributed by atoms with van der Waals surface area (Å²) in [5.74, 6) is 1.26. The molecule has 0 spiro atoms. The van der Waals surface area contributed by atoms with Gasteiger partial charge >= 0.3 is 0 Å². The van der Waals surface area contributed by atoms with Crippen molar-refractivity contribution in [3.8, 4) is 11.5 Å². The first-order chi connectivity index (χ1) is 14.2. The molecule has 0 saturated heterocycles. The first-order valence-electron chi connectivity index (χ1n) is 8.72. The summed E-state index contributed by atoms with van der Waals surface area (Å²) in [7, 11) is 1.60. The van der Waals surface area contributed by atoms with Gasteiger partial charge in [-0.1, -0.05) is 6.07 Å². The quantitative estimate of drug-likeness (QED) is 0.381. The second-order valence-corrected chi connectivity index (χ2v) is 5.71. The normalized spacial score (nSPS) is 11.3. The topological polar surface area (TPSA) is 98.1 Å². The molecule has 2 heterocycles. The van der Waals surface area contributed by atoms with Gasteiger partial charge in [0, 0.05) is 42.1 Å². The molecule has 8 heteroatoms. The molecule has 146 valence electrons. The van der Waals surface area contributed by atoms with Gasteiger partial charge in [-0.15, -0.1) is 0 Å². The lowest BCUT2D eigenvalue weighted by atomic mass is 10.3. The van der Waals surface area contributed by atoms with Gasteiger partial charge < -0.3 is 9.47 Å². The van der Waals surface area contributed by atoms with Gasteiger partial charge in [0.05, 0.1) is 7.11 Å². The van der Waals surface area contributed by atoms with Crippen molar-refractivity contribution in [2.45, 2.75) is 0 Å². The van der Waals surface area contributed by atoms with Gasteiger partial charge in [0.25, 0.3) is 5.91 Å². The van der Waals surface area contributed by atoms with E-state index in [0.717, 1.165) is 11.3 Å². The van der Waals surface area contributed by atoms with Gasteiger partial charge in [0.1, 0.15) is 18.1 Å². The molecule has 1 N–H and O–H groups in total. The molecule has 0 aliphatic heterocycles. The number of carbonyl (C=O) groups is 1. The Labute approximate surface area is 168 Å². The fourth-order valence-electron chi connectivity index (χ4n) is 2.20. The molecule has 29 heavy (non-hydrogen) atoms. The van der Waals surface area contributed by atoms with E-state index >= 15 is 0 Å². The molecule has 0 bridgehead atoms. The van der Waals surface area contributed by atoms with Gasteiger partial charge in [-0.2, -0.15) is 5.10 Å². The number of aliphatic imine (C=N–C) groups is 1. The number of rotatable bonds is 7. The predicted octanol–water partition coefficient (Wildman–Crippen LogP) is 2.73. The highest BCUT2D eigenvalue weighted by atomic mass is 16.5. The highest BCUT2D eigenvalue weighted by Gasteiger charge is 2.05. The average Bonchev–Trinajstić information content (AvgIpc) is 2.80. The third-order valence-electron chi connectivity index (χ3n) is 3.70. The first kappa shape index (κ1) is 19.7. The molecule has 1 aromatic carbocycles. The van der Waals surface area contributed by atoms with Crippen LogP contribution < -0.4 is 14.9 Å². The maximum atomic E-state index is 12.2. The molecule has 0 aliphatic carbocycles. The molecule has 0 fully saturated rings. The van der Waals surface area contributed by atoms with E-state index in [1.807, 2.05) is 6.07 Å². The number of benzene rings is 1. The SMILES string of the molecule is COc1ccc(OC/C(N=Cc2cccnc2)=N\NC(=O)c2ccncc2)cc1. The van der Waals surface area contributed by atoms with Crippen molar-refractivity contribution in [2.75, 3.05) is 13.7 Å². The first-order valence-corrected chi connectivity index (χ1v) is 8.72. The minimum Gasteiger partial charge on any atom is -0.497 e. The maximum absolute atomic E-state index is 12.2. The van der Waals surface area contributed by atoms with E-state index in [0.29, 0.717) is 11.3 Å². The number of pyridine rings is 2. The van der Waals surface area contributed by atoms with Crippen molar-refractivity contribution in [1.82, 2.24) is 15.4 Å². The number of nitrogens with one attached hydrogen (secondary N) is 1. The van der Waals surface area contributed by atoms with Crippen LogP contribution >= 0.6 is 0 Å². The zero-order valence-corrected chi connectivity index (χ0v) is 15.7. The molecule has 0 atom stereocenters. The van der Waals surface area contributed by atoms with Gasteiger partial charge in [0.15, 0.2) is 5.84 Å². The Morgan fingerprint density at radius 1 is 1.03 bits per heavy atom. The lowest BCUT2D eigenvalue weighted by molar-refractivity contribution is 0.0954. The van der Waals surface area contributed by atoms with E-state index in [1.165, 1.54) is 12.4 Å². The molecule has 0 aliphatic rings. The van der Waals surface area contributed by atoms with Crippen LogP contribution in [0.5, 0.6) is 11.5 Å². The molecule has 3 rings (SSSR count). The summed E-state index contributed by atoms with van der Waals surface area (Å²) >= 11 is 0. The Kier molecular flexibility index (Phi) is 7.00. The van der Waals surface area contributed by atoms with Crippen LogP contribution in [0.3, 0.4) is 0 Å². The molecule has 8 nitrogen and oxygen atoms in total. The van der Waals surface area contributed by atoms with Crippen LogP contribution in [-0.4, -0.2) is 41.6 Å². The number of amides is 1. The van der Waals surface area contributed by atoms with Crippen molar-refractivity contribution in [3.05, 3.63) is 84.4 Å². The number of nitrogens with zero attached hydrogens (tertiary/aromatic N) is 4. The van der Waals surface area contributed by atoms with E-state index in [4.69, 9.17) is 9.47 Å². The van der Waals surface area contributed by atoms with Crippen molar-refractivity contribution >= 4 is 18.0 Å². The molecule has 0 radical (unpaired) electrons. The number of carbonyl (C=O) groups excluding carboxylic acids is 1. The Bertz CT molecular complexity index is 974. The van der Waals surface area contributed by atoms with Gasteiger partial charge in [0.2, 0.25) is 0 Å². The minimum atomic E-state index is -0.370. The van der Waals surface area contributed by atoms with E-state index < -0.39 is 0 Å². The van der Waals surface area contributed by atoms with E-state index in [-0.39, 0.29) is 18.3 Å². The second kappa shape index (κ2) is 10.3. The zero-order valence-electron chi connectivity index (χ0n) is 15.7. The highest BCUT2D eigenvalue weighted by Crippen LogP contribution is 2.16. The Morgan fingerprint density at radius 3 is 2.48 bits per heavy atom. The molecular formula is C21H19N5O3. The van der Waals surface area contributed by atoms with Gasteiger partial charge in [-0.05, 0) is 42.5 Å². The molecular weight excluding hydrogens is 370 g/mol. The monoisotopic (exact) mass is 389 g/mol. The Hall–Kier alpha value is -4.07. The molecule has 0 saturated carbocycles. The van der Waals surface area contributed by atoms with Gasteiger partial charge in [-0.3, -0.25) is 14.8 Å². The Balaban J connectivity index is 1.71. The fraction of sp³-hybridized carbons (Fsp3) is 0.0952. The number of hydrogen-bond acceptors (Lipinski definition) is 6. The van der Waals surface area contributed by atoms with E-state index in [1.54, 1.807) is 68.2 Å². The summed E-state index contributed by atoms with van der Waals surface area (Å²) < 4.78 is 10.8. The van der Waals surface area contributed by atoms with Crippen LogP contribution in [0, 0.1) is 0 Å². The zero-order chi connectivity index (χ0) is 20.3. The number of amidine groups is 1. The number of hydrazone groups is 1. The van der Waals surface area contributed by atoms with Crippen LogP contribution in [0.4, 0.5) is 0 Å². The fourth-order valence-corrected chi connectivity index (χ4v) is 2.20. The minimum absolute atomic E-state index is 0.0553. The number of hydrogen-bond donors (Lipinski definition) is 1. The third-order valence-corrected chi connectivity index (χ3v) is 3.70. The summed E-state index contributed by atoms with van der Waals surface area (Å²) in [5.41, 5.74) is 3.72. The van der Waals surface area contributed by atoms with Crippen molar-refractivity contribution in [2.24, 2.45) is 10.1 Å². The third kappa shape index (κ3) is 6.24. The summed E-state index contributed by atoms with van der Waals surface area (Å²) in [4.78, 5) is 24.4. The molecule has 2 aromatic heterocycles. The smallest absolute Gasteiger partial charge is 0.271 e. The number of ether oxygens (including phenoxy) is 2. The summed E-state index contributed by atoms with van der Waals surface area (Å²) in [5, 5.41) is 4.09. The molecule has 0 unspecified atom stereocenters. The predicted molar refractivity (Wildman–Crippen MR) is 109 cm³/mol. The van der Waals surface area contributed by atoms with Crippen molar-refractivity contribution in [3.63, 3.8) is 0 Å². The van der Waals surface area contributed by atoms with Crippen LogP contribution in [-0.2, 0) is 0 Å². The average molecular weight is 389 g/mol. The Morgan fingerprint density at radius 2 is 1.79 bits per heavy atom. The van der Waals surface area contributed by atoms with Gasteiger partial charge in [-0.25, -0.2) is 10.4 Å². The largest absolute Gasteiger partial charge is 0.497 e. The lowest BCUT2D eigenvalue weighted by Gasteiger charge is -2.07. The maximum Gasteiger partial charge on any atom is 0.271 e. The highest BCUT2D eigenvalue weighted by molar-refractivity contribution is 5.98. The van der Waals surface area contributed by atoms with Crippen LogP contribution in [0.15, 0.2) is 83.4 Å². The number of methoxy groups -OCH3 is 1. The van der Waals surface area contributed by atoms with Crippen LogP contribution in [0.1, 0.15) is 15.9 Å². The van der Waals surface area contributed by atoms with E-state index in [2.05, 4.69) is 25.5 Å². The second-order valence-electron chi connectivity index (χ2n) is 5.71. The lowest BCUT2D eigenvalue weighted by Crippen LogP contribution is -2.21. The number of aromatic nitrogens is 2. The van der Waals surface area contributed by atoms with E-state index in [9.17, 15) is 4.79 Å². The molecule has 3 aromatic rings. The summed E-state index contributed by atoms with van der Waals surface area (Å²) in [6, 6.07) is 14.0. The molecule has 1 amide bonds. The summed E-state index contributed by atoms with van der Waals surface area (Å²) in [6.07, 6.45) is 8.01. The van der Waals surface area contributed by atoms with Crippen LogP contribution in [0.2, 0.25) is 0 Å². The standard InChI is InChI=1S/C21H19N5O3/c1-28-18-4-6-19(7-5-18)29-15-20(24-14-16-3-2-10-23-13-16)25-26-21(27)17-8-11-22-12-9-17/h2-14H,15H2,1H3,(H,26,27)/b24-14?,25-20+. The van der Waals surface area contributed by atoms with Crippen molar-refractivity contribution < 1.29 is 14.3 Å². The van der Waals surface area contributed by atoms with Crippen LogP contribution in [0.25, 0.3) is 0 Å². The van der Waals surface area contributed by atoms with Crippen molar-refractivity contribution in [1.29, 1.82) is 0 Å². The summed E-state index contributed by atoms with van der Waals surface area (Å²) in [6.45, 7) is 0.0553.